The van der Waals surface area contributed by atoms with Gasteiger partial charge in [-0.3, -0.25) is 0 Å². The molecule has 2 aliphatic rings. The molecular formula is C11H22O2Si. The van der Waals surface area contributed by atoms with E-state index >= 15 is 0 Å². The van der Waals surface area contributed by atoms with E-state index in [-0.39, 0.29) is 5.60 Å². The van der Waals surface area contributed by atoms with Crippen molar-refractivity contribution in [3.63, 3.8) is 0 Å². The third-order valence-corrected chi connectivity index (χ3v) is 6.00. The quantitative estimate of drug-likeness (QED) is 0.530. The Labute approximate surface area is 88.1 Å². The SMILES string of the molecule is CCO[Si](C)(C)CC12CCCCC1O2. The summed E-state index contributed by atoms with van der Waals surface area (Å²) in [6.07, 6.45) is 5.87. The Hall–Kier alpha value is 0.137. The summed E-state index contributed by atoms with van der Waals surface area (Å²) >= 11 is 0. The van der Waals surface area contributed by atoms with Gasteiger partial charge in [0.25, 0.3) is 0 Å². The smallest absolute Gasteiger partial charge is 0.189 e. The fourth-order valence-corrected chi connectivity index (χ4v) is 5.76. The van der Waals surface area contributed by atoms with Gasteiger partial charge in [-0.25, -0.2) is 0 Å². The molecule has 0 spiro atoms. The van der Waals surface area contributed by atoms with E-state index < -0.39 is 8.32 Å². The van der Waals surface area contributed by atoms with E-state index in [1.807, 2.05) is 0 Å². The lowest BCUT2D eigenvalue weighted by Gasteiger charge is -2.27. The Bertz CT molecular complexity index is 217. The second-order valence-electron chi connectivity index (χ2n) is 5.29. The Morgan fingerprint density at radius 2 is 2.21 bits per heavy atom. The number of epoxide rings is 1. The first-order chi connectivity index (χ1) is 6.58. The molecule has 2 atom stereocenters. The molecule has 1 aliphatic carbocycles. The average molecular weight is 214 g/mol. The topological polar surface area (TPSA) is 21.8 Å². The van der Waals surface area contributed by atoms with E-state index in [4.69, 9.17) is 9.16 Å². The van der Waals surface area contributed by atoms with Crippen molar-refractivity contribution in [2.24, 2.45) is 0 Å². The normalized spacial score (nSPS) is 36.6. The van der Waals surface area contributed by atoms with Gasteiger partial charge in [-0.15, -0.1) is 0 Å². The predicted octanol–water partition coefficient (Wildman–Crippen LogP) is 2.94. The molecule has 14 heavy (non-hydrogen) atoms. The van der Waals surface area contributed by atoms with E-state index in [1.165, 1.54) is 31.7 Å². The Morgan fingerprint density at radius 3 is 2.86 bits per heavy atom. The summed E-state index contributed by atoms with van der Waals surface area (Å²) in [7, 11) is -1.45. The van der Waals surface area contributed by atoms with Crippen LogP contribution in [0.5, 0.6) is 0 Å². The second-order valence-corrected chi connectivity index (χ2v) is 9.45. The number of hydrogen-bond donors (Lipinski definition) is 0. The van der Waals surface area contributed by atoms with Crippen molar-refractivity contribution in [3.05, 3.63) is 0 Å². The Balaban J connectivity index is 1.91. The average Bonchev–Trinajstić information content (AvgIpc) is 2.76. The highest BCUT2D eigenvalue weighted by molar-refractivity contribution is 6.71. The first kappa shape index (κ1) is 10.6. The maximum atomic E-state index is 5.90. The number of hydrogen-bond acceptors (Lipinski definition) is 2. The molecule has 1 heterocycles. The fourth-order valence-electron chi connectivity index (χ4n) is 2.95. The second kappa shape index (κ2) is 3.61. The van der Waals surface area contributed by atoms with E-state index in [9.17, 15) is 0 Å². The molecule has 2 fully saturated rings. The van der Waals surface area contributed by atoms with Gasteiger partial charge in [0.2, 0.25) is 0 Å². The molecule has 0 aromatic rings. The van der Waals surface area contributed by atoms with Crippen LogP contribution in [-0.4, -0.2) is 26.6 Å². The maximum Gasteiger partial charge on any atom is 0.189 e. The highest BCUT2D eigenvalue weighted by Crippen LogP contribution is 2.52. The first-order valence-corrected chi connectivity index (χ1v) is 9.01. The van der Waals surface area contributed by atoms with E-state index in [2.05, 4.69) is 20.0 Å². The predicted molar refractivity (Wildman–Crippen MR) is 60.0 cm³/mol. The molecule has 2 unspecified atom stereocenters. The summed E-state index contributed by atoms with van der Waals surface area (Å²) in [5, 5.41) is 0. The van der Waals surface area contributed by atoms with Crippen molar-refractivity contribution in [3.8, 4) is 0 Å². The van der Waals surface area contributed by atoms with Crippen LogP contribution in [0.2, 0.25) is 19.1 Å². The standard InChI is InChI=1S/C11H22O2Si/c1-4-12-14(2,3)9-11-8-6-5-7-10(11)13-11/h10H,4-9H2,1-3H3. The zero-order valence-electron chi connectivity index (χ0n) is 9.64. The van der Waals surface area contributed by atoms with Crippen molar-refractivity contribution in [1.29, 1.82) is 0 Å². The van der Waals surface area contributed by atoms with Gasteiger partial charge in [-0.2, -0.15) is 0 Å². The third kappa shape index (κ3) is 2.04. The maximum absolute atomic E-state index is 5.90. The van der Waals surface area contributed by atoms with Crippen LogP contribution in [0.4, 0.5) is 0 Å². The van der Waals surface area contributed by atoms with Crippen molar-refractivity contribution in [2.75, 3.05) is 6.61 Å². The van der Waals surface area contributed by atoms with Gasteiger partial charge < -0.3 is 9.16 Å². The van der Waals surface area contributed by atoms with Crippen LogP contribution in [0, 0.1) is 0 Å². The van der Waals surface area contributed by atoms with Gasteiger partial charge in [-0.05, 0) is 38.9 Å². The minimum atomic E-state index is -1.45. The Kier molecular flexibility index (Phi) is 2.75. The van der Waals surface area contributed by atoms with Crippen LogP contribution >= 0.6 is 0 Å². The van der Waals surface area contributed by atoms with Gasteiger partial charge in [0.1, 0.15) is 0 Å². The molecule has 82 valence electrons. The van der Waals surface area contributed by atoms with Crippen LogP contribution in [0.15, 0.2) is 0 Å². The van der Waals surface area contributed by atoms with Gasteiger partial charge in [-0.1, -0.05) is 12.8 Å². The molecule has 0 radical (unpaired) electrons. The lowest BCUT2D eigenvalue weighted by atomic mass is 9.91. The number of ether oxygens (including phenoxy) is 1. The monoisotopic (exact) mass is 214 g/mol. The fraction of sp³-hybridized carbons (Fsp3) is 1.00. The van der Waals surface area contributed by atoms with Crippen LogP contribution in [0.1, 0.15) is 32.6 Å². The van der Waals surface area contributed by atoms with Crippen molar-refractivity contribution < 1.29 is 9.16 Å². The molecule has 0 amide bonds. The molecule has 1 saturated carbocycles. The van der Waals surface area contributed by atoms with E-state index in [0.29, 0.717) is 6.10 Å². The van der Waals surface area contributed by atoms with E-state index in [0.717, 1.165) is 6.61 Å². The summed E-state index contributed by atoms with van der Waals surface area (Å²) in [5.74, 6) is 0. The molecule has 1 saturated heterocycles. The summed E-state index contributed by atoms with van der Waals surface area (Å²) in [5.41, 5.74) is 0.267. The van der Waals surface area contributed by atoms with Crippen molar-refractivity contribution in [2.45, 2.75) is 63.5 Å². The summed E-state index contributed by atoms with van der Waals surface area (Å²) < 4.78 is 11.8. The summed E-state index contributed by atoms with van der Waals surface area (Å²) in [4.78, 5) is 0. The van der Waals surface area contributed by atoms with Gasteiger partial charge in [0.15, 0.2) is 8.32 Å². The van der Waals surface area contributed by atoms with Gasteiger partial charge in [0.05, 0.1) is 11.7 Å². The Morgan fingerprint density at radius 1 is 1.43 bits per heavy atom. The van der Waals surface area contributed by atoms with Crippen LogP contribution < -0.4 is 0 Å². The van der Waals surface area contributed by atoms with Gasteiger partial charge in [0, 0.05) is 6.61 Å². The molecule has 0 N–H and O–H groups in total. The molecule has 0 aromatic heterocycles. The largest absolute Gasteiger partial charge is 0.418 e. The molecule has 0 bridgehead atoms. The minimum absolute atomic E-state index is 0.267. The zero-order chi connectivity index (χ0) is 10.2. The highest BCUT2D eigenvalue weighted by Gasteiger charge is 2.59. The van der Waals surface area contributed by atoms with E-state index in [1.54, 1.807) is 0 Å². The molecule has 0 aromatic carbocycles. The molecule has 2 nitrogen and oxygen atoms in total. The summed E-state index contributed by atoms with van der Waals surface area (Å²) in [6, 6.07) is 1.21. The lowest BCUT2D eigenvalue weighted by Crippen LogP contribution is -2.38. The number of rotatable bonds is 4. The number of fused-ring (bicyclic) bond motifs is 1. The zero-order valence-corrected chi connectivity index (χ0v) is 10.6. The molecule has 3 heteroatoms. The summed E-state index contributed by atoms with van der Waals surface area (Å²) in [6.45, 7) is 7.59. The van der Waals surface area contributed by atoms with Crippen LogP contribution in [0.25, 0.3) is 0 Å². The molecular weight excluding hydrogens is 192 g/mol. The third-order valence-electron chi connectivity index (χ3n) is 3.48. The molecule has 2 rings (SSSR count). The lowest BCUT2D eigenvalue weighted by molar-refractivity contribution is 0.277. The van der Waals surface area contributed by atoms with Crippen molar-refractivity contribution in [1.82, 2.24) is 0 Å². The van der Waals surface area contributed by atoms with Crippen LogP contribution in [-0.2, 0) is 9.16 Å². The minimum Gasteiger partial charge on any atom is -0.418 e. The first-order valence-electron chi connectivity index (χ1n) is 5.90. The van der Waals surface area contributed by atoms with Gasteiger partial charge >= 0.3 is 0 Å². The highest BCUT2D eigenvalue weighted by atomic mass is 28.4. The molecule has 1 aliphatic heterocycles. The van der Waals surface area contributed by atoms with Crippen molar-refractivity contribution >= 4 is 8.32 Å². The van der Waals surface area contributed by atoms with Crippen LogP contribution in [0.3, 0.4) is 0 Å².